The molecule has 1 unspecified atom stereocenters. The van der Waals surface area contributed by atoms with Crippen LogP contribution in [0.4, 0.5) is 0 Å². The van der Waals surface area contributed by atoms with Crippen molar-refractivity contribution < 1.29 is 9.53 Å². The first-order chi connectivity index (χ1) is 16.2. The molecule has 0 radical (unpaired) electrons. The highest BCUT2D eigenvalue weighted by Gasteiger charge is 2.15. The summed E-state index contributed by atoms with van der Waals surface area (Å²) in [6.07, 6.45) is 7.32. The lowest BCUT2D eigenvalue weighted by molar-refractivity contribution is -0.120. The number of pyridine rings is 1. The van der Waals surface area contributed by atoms with Crippen LogP contribution in [0.15, 0.2) is 42.7 Å². The van der Waals surface area contributed by atoms with Gasteiger partial charge in [0.15, 0.2) is 0 Å². The van der Waals surface area contributed by atoms with Crippen LogP contribution in [-0.4, -0.2) is 86.2 Å². The molecule has 2 N–H and O–H groups in total. The molecule has 2 aliphatic heterocycles. The number of nitrogens with one attached hydrogen (secondary N) is 2. The molecular formula is C26H37N5O2. The number of likely N-dealkylation sites (N-methyl/N-ethyl adjacent to an activating group) is 1. The maximum absolute atomic E-state index is 12.3. The molecule has 2 fully saturated rings. The largest absolute Gasteiger partial charge is 0.494 e. The number of ether oxygens (including phenoxy) is 1. The number of aromatic nitrogens is 1. The second kappa shape index (κ2) is 12.1. The molecule has 1 amide bonds. The number of piperazine rings is 1. The first kappa shape index (κ1) is 23.7. The molecule has 0 bridgehead atoms. The molecule has 1 atom stereocenters. The maximum atomic E-state index is 12.3. The summed E-state index contributed by atoms with van der Waals surface area (Å²) >= 11 is 0. The Morgan fingerprint density at radius 3 is 2.73 bits per heavy atom. The second-order valence-corrected chi connectivity index (χ2v) is 9.23. The number of carbonyl (C=O) groups is 1. The van der Waals surface area contributed by atoms with E-state index in [0.29, 0.717) is 19.0 Å². The number of rotatable bonds is 10. The van der Waals surface area contributed by atoms with E-state index in [1.807, 2.05) is 24.4 Å². The van der Waals surface area contributed by atoms with Crippen LogP contribution in [0.5, 0.6) is 5.75 Å². The van der Waals surface area contributed by atoms with E-state index in [1.165, 1.54) is 6.42 Å². The van der Waals surface area contributed by atoms with E-state index in [4.69, 9.17) is 4.74 Å². The van der Waals surface area contributed by atoms with Gasteiger partial charge in [0, 0.05) is 63.3 Å². The minimum Gasteiger partial charge on any atom is -0.494 e. The number of nitrogens with zero attached hydrogens (tertiary/aromatic N) is 3. The summed E-state index contributed by atoms with van der Waals surface area (Å²) in [5, 5.41) is 6.44. The Balaban J connectivity index is 1.21. The van der Waals surface area contributed by atoms with Gasteiger partial charge in [-0.3, -0.25) is 9.78 Å². The maximum Gasteiger partial charge on any atom is 0.224 e. The molecule has 1 aromatic heterocycles. The van der Waals surface area contributed by atoms with Crippen LogP contribution < -0.4 is 15.4 Å². The Bertz CT molecular complexity index is 875. The van der Waals surface area contributed by atoms with E-state index in [1.54, 1.807) is 6.20 Å². The summed E-state index contributed by atoms with van der Waals surface area (Å²) in [5.41, 5.74) is 3.01. The van der Waals surface area contributed by atoms with Gasteiger partial charge in [-0.05, 0) is 62.2 Å². The highest BCUT2D eigenvalue weighted by atomic mass is 16.5. The zero-order valence-corrected chi connectivity index (χ0v) is 19.8. The van der Waals surface area contributed by atoms with Gasteiger partial charge in [0.1, 0.15) is 5.75 Å². The third-order valence-corrected chi connectivity index (χ3v) is 6.54. The summed E-state index contributed by atoms with van der Waals surface area (Å²) < 4.78 is 5.94. The zero-order valence-electron chi connectivity index (χ0n) is 19.8. The van der Waals surface area contributed by atoms with E-state index in [0.717, 1.165) is 81.2 Å². The Labute approximate surface area is 197 Å². The highest BCUT2D eigenvalue weighted by Crippen LogP contribution is 2.23. The molecule has 7 heteroatoms. The van der Waals surface area contributed by atoms with Gasteiger partial charge in [-0.1, -0.05) is 12.1 Å². The SMILES string of the molecule is CN1CCN(CCCOc2ccc(-c3cncc(CC(=O)NCC4CCCN4)c3)cc2)CC1. The van der Waals surface area contributed by atoms with Crippen LogP contribution in [-0.2, 0) is 11.2 Å². The Kier molecular flexibility index (Phi) is 8.69. The minimum atomic E-state index is 0.0444. The number of hydrogen-bond donors (Lipinski definition) is 2. The average molecular weight is 452 g/mol. The van der Waals surface area contributed by atoms with Crippen molar-refractivity contribution in [3.05, 3.63) is 48.3 Å². The number of carbonyl (C=O) groups excluding carboxylic acids is 1. The van der Waals surface area contributed by atoms with E-state index >= 15 is 0 Å². The molecule has 2 aromatic rings. The van der Waals surface area contributed by atoms with Gasteiger partial charge in [0.2, 0.25) is 5.91 Å². The molecule has 33 heavy (non-hydrogen) atoms. The van der Waals surface area contributed by atoms with Crippen molar-refractivity contribution in [2.75, 3.05) is 59.5 Å². The number of benzene rings is 1. The fourth-order valence-electron chi connectivity index (χ4n) is 4.45. The first-order valence-corrected chi connectivity index (χ1v) is 12.2. The molecule has 7 nitrogen and oxygen atoms in total. The molecule has 4 rings (SSSR count). The van der Waals surface area contributed by atoms with Crippen LogP contribution in [0.25, 0.3) is 11.1 Å². The zero-order chi connectivity index (χ0) is 22.9. The highest BCUT2D eigenvalue weighted by molar-refractivity contribution is 5.79. The summed E-state index contributed by atoms with van der Waals surface area (Å²) in [4.78, 5) is 21.6. The van der Waals surface area contributed by atoms with Crippen LogP contribution in [0.1, 0.15) is 24.8 Å². The van der Waals surface area contributed by atoms with E-state index in [2.05, 4.69) is 44.6 Å². The lowest BCUT2D eigenvalue weighted by Gasteiger charge is -2.32. The lowest BCUT2D eigenvalue weighted by Crippen LogP contribution is -2.44. The van der Waals surface area contributed by atoms with Crippen molar-refractivity contribution in [1.29, 1.82) is 0 Å². The van der Waals surface area contributed by atoms with E-state index in [-0.39, 0.29) is 5.91 Å². The standard InChI is InChI=1S/C26H37N5O2/c1-30-11-13-31(14-12-30)10-3-15-33-25-7-5-22(6-8-25)23-16-21(18-27-19-23)17-26(32)29-20-24-4-2-9-28-24/h5-8,16,18-19,24,28H,2-4,9-15,17,20H2,1H3,(H,29,32). The first-order valence-electron chi connectivity index (χ1n) is 12.2. The second-order valence-electron chi connectivity index (χ2n) is 9.23. The molecule has 2 aliphatic rings. The molecule has 0 aliphatic carbocycles. The smallest absolute Gasteiger partial charge is 0.224 e. The fraction of sp³-hybridized carbons (Fsp3) is 0.538. The van der Waals surface area contributed by atoms with Gasteiger partial charge in [0.05, 0.1) is 13.0 Å². The monoisotopic (exact) mass is 451 g/mol. The average Bonchev–Trinajstić information content (AvgIpc) is 3.36. The van der Waals surface area contributed by atoms with Gasteiger partial charge < -0.3 is 25.2 Å². The van der Waals surface area contributed by atoms with Crippen LogP contribution in [0, 0.1) is 0 Å². The molecule has 178 valence electrons. The Morgan fingerprint density at radius 1 is 1.15 bits per heavy atom. The quantitative estimate of drug-likeness (QED) is 0.540. The summed E-state index contributed by atoms with van der Waals surface area (Å²) in [5.74, 6) is 0.934. The van der Waals surface area contributed by atoms with Gasteiger partial charge >= 0.3 is 0 Å². The number of hydrogen-bond acceptors (Lipinski definition) is 6. The predicted octanol–water partition coefficient (Wildman–Crippen LogP) is 2.18. The lowest BCUT2D eigenvalue weighted by atomic mass is 10.0. The fourth-order valence-corrected chi connectivity index (χ4v) is 4.45. The van der Waals surface area contributed by atoms with Crippen LogP contribution in [0.2, 0.25) is 0 Å². The van der Waals surface area contributed by atoms with Crippen molar-refractivity contribution >= 4 is 5.91 Å². The van der Waals surface area contributed by atoms with E-state index in [9.17, 15) is 4.79 Å². The summed E-state index contributed by atoms with van der Waals surface area (Å²) in [7, 11) is 2.18. The predicted molar refractivity (Wildman–Crippen MR) is 131 cm³/mol. The summed E-state index contributed by atoms with van der Waals surface area (Å²) in [6.45, 7) is 8.18. The van der Waals surface area contributed by atoms with Gasteiger partial charge in [-0.15, -0.1) is 0 Å². The van der Waals surface area contributed by atoms with Crippen molar-refractivity contribution in [2.45, 2.75) is 31.7 Å². The Morgan fingerprint density at radius 2 is 1.97 bits per heavy atom. The van der Waals surface area contributed by atoms with Crippen molar-refractivity contribution in [3.8, 4) is 16.9 Å². The molecular weight excluding hydrogens is 414 g/mol. The number of amides is 1. The van der Waals surface area contributed by atoms with Crippen molar-refractivity contribution in [3.63, 3.8) is 0 Å². The van der Waals surface area contributed by atoms with Gasteiger partial charge in [-0.2, -0.15) is 0 Å². The van der Waals surface area contributed by atoms with Gasteiger partial charge in [0.25, 0.3) is 0 Å². The van der Waals surface area contributed by atoms with Crippen molar-refractivity contribution in [2.24, 2.45) is 0 Å². The van der Waals surface area contributed by atoms with Gasteiger partial charge in [-0.25, -0.2) is 0 Å². The normalized spacial score (nSPS) is 19.5. The molecule has 0 spiro atoms. The molecule has 2 saturated heterocycles. The topological polar surface area (TPSA) is 69.7 Å². The third kappa shape index (κ3) is 7.52. The van der Waals surface area contributed by atoms with Crippen LogP contribution >= 0.6 is 0 Å². The molecule has 0 saturated carbocycles. The van der Waals surface area contributed by atoms with E-state index < -0.39 is 0 Å². The minimum absolute atomic E-state index is 0.0444. The van der Waals surface area contributed by atoms with Crippen molar-refractivity contribution in [1.82, 2.24) is 25.4 Å². The molecule has 3 heterocycles. The third-order valence-electron chi connectivity index (χ3n) is 6.54. The Hall–Kier alpha value is -2.48. The molecule has 1 aromatic carbocycles. The van der Waals surface area contributed by atoms with Crippen LogP contribution in [0.3, 0.4) is 0 Å². The summed E-state index contributed by atoms with van der Waals surface area (Å²) in [6, 6.07) is 10.6.